The molecule has 1 saturated heterocycles. The van der Waals surface area contributed by atoms with Gasteiger partial charge in [-0.1, -0.05) is 0 Å². The molecule has 1 fully saturated rings. The Morgan fingerprint density at radius 2 is 2.27 bits per heavy atom. The van der Waals surface area contributed by atoms with Crippen LogP contribution in [0.3, 0.4) is 0 Å². The number of aromatic nitrogens is 4. The van der Waals surface area contributed by atoms with Crippen LogP contribution in [0.2, 0.25) is 0 Å². The Morgan fingerprint density at radius 3 is 2.95 bits per heavy atom. The fraction of sp³-hybridized carbons (Fsp3) is 0.417. The maximum Gasteiger partial charge on any atom is 0.222 e. The van der Waals surface area contributed by atoms with E-state index >= 15 is 0 Å². The summed E-state index contributed by atoms with van der Waals surface area (Å²) in [6.45, 7) is -0.506. The van der Waals surface area contributed by atoms with Crippen LogP contribution in [0.4, 0.5) is 5.95 Å². The zero-order chi connectivity index (χ0) is 15.9. The average molecular weight is 326 g/mol. The summed E-state index contributed by atoms with van der Waals surface area (Å²) in [5.74, 6) is 2.33. The minimum Gasteiger partial charge on any atom is -0.394 e. The summed E-state index contributed by atoms with van der Waals surface area (Å²) in [6.07, 6.45) is -0.925. The molecule has 3 heterocycles. The minimum atomic E-state index is -2.04. The molecule has 0 radical (unpaired) electrons. The lowest BCUT2D eigenvalue weighted by Crippen LogP contribution is -2.45. The van der Waals surface area contributed by atoms with Crippen molar-refractivity contribution in [3.8, 4) is 11.3 Å². The monoisotopic (exact) mass is 325 g/mol. The molecule has 0 saturated carbocycles. The van der Waals surface area contributed by atoms with Crippen LogP contribution in [0.25, 0.3) is 11.2 Å². The number of halogens is 1. The van der Waals surface area contributed by atoms with E-state index in [1.54, 1.807) is 0 Å². The molecule has 1 unspecified atom stereocenters. The van der Waals surface area contributed by atoms with Crippen LogP contribution >= 0.6 is 11.6 Å². The SMILES string of the molecule is Nc1ncc2ncn([C@@H]3O[C@H](CO)[C@H](O)C3(O)C#CCl)c2n1. The zero-order valence-electron chi connectivity index (χ0n) is 11.1. The molecule has 3 rings (SSSR count). The van der Waals surface area contributed by atoms with E-state index in [4.69, 9.17) is 22.1 Å². The summed E-state index contributed by atoms with van der Waals surface area (Å²) >= 11 is 5.38. The van der Waals surface area contributed by atoms with Crippen molar-refractivity contribution in [3.05, 3.63) is 12.5 Å². The lowest BCUT2D eigenvalue weighted by Gasteiger charge is -2.26. The van der Waals surface area contributed by atoms with E-state index in [0.29, 0.717) is 5.52 Å². The number of aliphatic hydroxyl groups excluding tert-OH is 2. The highest BCUT2D eigenvalue weighted by atomic mass is 35.5. The van der Waals surface area contributed by atoms with Gasteiger partial charge < -0.3 is 25.8 Å². The van der Waals surface area contributed by atoms with Crippen molar-refractivity contribution in [2.75, 3.05) is 12.3 Å². The van der Waals surface area contributed by atoms with Crippen LogP contribution in [-0.2, 0) is 4.74 Å². The van der Waals surface area contributed by atoms with Crippen LogP contribution in [0.5, 0.6) is 0 Å². The number of aliphatic hydroxyl groups is 3. The number of nitrogen functional groups attached to an aromatic ring is 1. The van der Waals surface area contributed by atoms with E-state index in [9.17, 15) is 15.3 Å². The molecule has 1 aliphatic rings. The van der Waals surface area contributed by atoms with Gasteiger partial charge in [0.15, 0.2) is 11.9 Å². The quantitative estimate of drug-likeness (QED) is 0.494. The number of fused-ring (bicyclic) bond motifs is 1. The van der Waals surface area contributed by atoms with Gasteiger partial charge in [0.25, 0.3) is 0 Å². The molecule has 1 aliphatic heterocycles. The molecule has 10 heteroatoms. The van der Waals surface area contributed by atoms with Crippen molar-refractivity contribution in [2.45, 2.75) is 24.0 Å². The van der Waals surface area contributed by atoms with Crippen LogP contribution in [0, 0.1) is 11.3 Å². The Hall–Kier alpha value is -1.96. The largest absolute Gasteiger partial charge is 0.394 e. The van der Waals surface area contributed by atoms with Gasteiger partial charge >= 0.3 is 0 Å². The van der Waals surface area contributed by atoms with Gasteiger partial charge in [-0.15, -0.1) is 0 Å². The highest BCUT2D eigenvalue weighted by Crippen LogP contribution is 2.39. The summed E-state index contributed by atoms with van der Waals surface area (Å²) < 4.78 is 6.85. The molecule has 2 aromatic rings. The Balaban J connectivity index is 2.14. The summed E-state index contributed by atoms with van der Waals surface area (Å²) in [5.41, 5.74) is 4.22. The van der Waals surface area contributed by atoms with Gasteiger partial charge in [0.1, 0.15) is 17.7 Å². The molecule has 116 valence electrons. The smallest absolute Gasteiger partial charge is 0.222 e. The van der Waals surface area contributed by atoms with E-state index < -0.39 is 30.6 Å². The van der Waals surface area contributed by atoms with E-state index in [1.165, 1.54) is 17.1 Å². The second-order valence-corrected chi connectivity index (χ2v) is 4.98. The van der Waals surface area contributed by atoms with Gasteiger partial charge in [-0.05, 0) is 17.5 Å². The third-order valence-corrected chi connectivity index (χ3v) is 3.59. The Labute approximate surface area is 129 Å². The Bertz CT molecular complexity index is 772. The van der Waals surface area contributed by atoms with E-state index in [1.807, 2.05) is 5.38 Å². The van der Waals surface area contributed by atoms with Crippen molar-refractivity contribution < 1.29 is 20.1 Å². The number of nitrogens with zero attached hydrogens (tertiary/aromatic N) is 4. The predicted octanol–water partition coefficient (Wildman–Crippen LogP) is -1.41. The van der Waals surface area contributed by atoms with Gasteiger partial charge in [0.2, 0.25) is 11.5 Å². The lowest BCUT2D eigenvalue weighted by molar-refractivity contribution is -0.0721. The summed E-state index contributed by atoms with van der Waals surface area (Å²) in [7, 11) is 0. The highest BCUT2D eigenvalue weighted by Gasteiger charge is 2.56. The standard InChI is InChI=1S/C12H12ClN5O4/c13-2-1-12(21)8(20)7(4-19)22-10(12)18-5-16-6-3-15-11(14)17-9(6)18/h3,5,7-8,10,19-21H,4H2,(H2,14,15,17)/t7-,8+,10-,12?/m1/s1. The minimum absolute atomic E-state index is 0.0125. The van der Waals surface area contributed by atoms with Crippen molar-refractivity contribution in [1.29, 1.82) is 0 Å². The summed E-state index contributed by atoms with van der Waals surface area (Å²) in [4.78, 5) is 11.9. The predicted molar refractivity (Wildman–Crippen MR) is 75.3 cm³/mol. The van der Waals surface area contributed by atoms with Crippen molar-refractivity contribution in [2.24, 2.45) is 0 Å². The number of hydrogen-bond acceptors (Lipinski definition) is 8. The molecule has 2 aromatic heterocycles. The molecular formula is C12H12ClN5O4. The van der Waals surface area contributed by atoms with Gasteiger partial charge in [-0.2, -0.15) is 4.98 Å². The normalized spacial score (nSPS) is 31.2. The first-order valence-electron chi connectivity index (χ1n) is 6.26. The highest BCUT2D eigenvalue weighted by molar-refractivity contribution is 6.30. The van der Waals surface area contributed by atoms with Crippen LogP contribution < -0.4 is 5.73 Å². The van der Waals surface area contributed by atoms with Crippen LogP contribution in [0.1, 0.15) is 6.23 Å². The lowest BCUT2D eigenvalue weighted by atomic mass is 9.95. The number of hydrogen-bond donors (Lipinski definition) is 4. The first kappa shape index (κ1) is 15.0. The molecule has 4 atom stereocenters. The zero-order valence-corrected chi connectivity index (χ0v) is 11.8. The van der Waals surface area contributed by atoms with Crippen LogP contribution in [0.15, 0.2) is 12.5 Å². The number of anilines is 1. The first-order chi connectivity index (χ1) is 10.5. The molecule has 22 heavy (non-hydrogen) atoms. The van der Waals surface area contributed by atoms with E-state index in [2.05, 4.69) is 20.9 Å². The topological polar surface area (TPSA) is 140 Å². The van der Waals surface area contributed by atoms with Gasteiger partial charge in [-0.3, -0.25) is 4.57 Å². The molecule has 0 spiro atoms. The summed E-state index contributed by atoms with van der Waals surface area (Å²) in [5, 5.41) is 32.1. The van der Waals surface area contributed by atoms with Crippen molar-refractivity contribution in [1.82, 2.24) is 19.5 Å². The maximum absolute atomic E-state index is 10.7. The molecule has 0 aromatic carbocycles. The number of rotatable bonds is 2. The third kappa shape index (κ3) is 2.09. The fourth-order valence-corrected chi connectivity index (χ4v) is 2.57. The number of ether oxygens (including phenoxy) is 1. The van der Waals surface area contributed by atoms with Gasteiger partial charge in [0, 0.05) is 5.38 Å². The van der Waals surface area contributed by atoms with Gasteiger partial charge in [0.05, 0.1) is 19.1 Å². The molecule has 9 nitrogen and oxygen atoms in total. The molecule has 0 aliphatic carbocycles. The number of imidazole rings is 1. The van der Waals surface area contributed by atoms with Crippen molar-refractivity contribution >= 4 is 28.7 Å². The van der Waals surface area contributed by atoms with E-state index in [0.717, 1.165) is 0 Å². The molecule has 0 bridgehead atoms. The first-order valence-corrected chi connectivity index (χ1v) is 6.63. The van der Waals surface area contributed by atoms with E-state index in [-0.39, 0.29) is 11.6 Å². The van der Waals surface area contributed by atoms with Gasteiger partial charge in [-0.25, -0.2) is 9.97 Å². The third-order valence-electron chi connectivity index (χ3n) is 3.50. The maximum atomic E-state index is 10.7. The second kappa shape index (κ2) is 5.35. The van der Waals surface area contributed by atoms with Crippen molar-refractivity contribution in [3.63, 3.8) is 0 Å². The second-order valence-electron chi connectivity index (χ2n) is 4.79. The fourth-order valence-electron chi connectivity index (χ4n) is 2.42. The van der Waals surface area contributed by atoms with Crippen LogP contribution in [-0.4, -0.2) is 59.3 Å². The number of nitrogens with two attached hydrogens (primary N) is 1. The molecule has 0 amide bonds. The molecular weight excluding hydrogens is 314 g/mol. The average Bonchev–Trinajstić information content (AvgIpc) is 3.00. The molecule has 5 N–H and O–H groups in total. The Kier molecular flexibility index (Phi) is 3.64. The summed E-state index contributed by atoms with van der Waals surface area (Å²) in [6, 6.07) is 0. The Morgan fingerprint density at radius 1 is 1.50 bits per heavy atom.